The quantitative estimate of drug-likeness (QED) is 0.388. The van der Waals surface area contributed by atoms with Crippen molar-refractivity contribution in [2.24, 2.45) is 5.84 Å². The zero-order valence-corrected chi connectivity index (χ0v) is 13.2. The molecule has 1 aliphatic carbocycles. The number of anilines is 1. The Hall–Kier alpha value is -1.73. The van der Waals surface area contributed by atoms with Crippen LogP contribution in [0.2, 0.25) is 0 Å². The first kappa shape index (κ1) is 14.2. The molecule has 110 valence electrons. The number of aromatic nitrogens is 4. The van der Waals surface area contributed by atoms with Crippen molar-refractivity contribution in [1.29, 1.82) is 0 Å². The van der Waals surface area contributed by atoms with Crippen molar-refractivity contribution in [2.45, 2.75) is 49.7 Å². The molecule has 0 radical (unpaired) electrons. The van der Waals surface area contributed by atoms with Gasteiger partial charge in [-0.15, -0.1) is 0 Å². The van der Waals surface area contributed by atoms with Crippen LogP contribution in [0.3, 0.4) is 0 Å². The Kier molecular flexibility index (Phi) is 3.77. The third-order valence-corrected chi connectivity index (χ3v) is 4.30. The largest absolute Gasteiger partial charge is 0.308 e. The van der Waals surface area contributed by atoms with Crippen LogP contribution >= 0.6 is 11.8 Å². The molecule has 6 nitrogen and oxygen atoms in total. The smallest absolute Gasteiger partial charge is 0.194 e. The molecule has 1 aliphatic rings. The van der Waals surface area contributed by atoms with Crippen LogP contribution in [0.5, 0.6) is 0 Å². The Balaban J connectivity index is 1.98. The van der Waals surface area contributed by atoms with Crippen molar-refractivity contribution in [3.05, 3.63) is 28.8 Å². The van der Waals surface area contributed by atoms with Gasteiger partial charge >= 0.3 is 0 Å². The third kappa shape index (κ3) is 3.14. The van der Waals surface area contributed by atoms with E-state index in [9.17, 15) is 0 Å². The van der Waals surface area contributed by atoms with Crippen molar-refractivity contribution in [2.75, 3.05) is 5.43 Å². The Morgan fingerprint density at radius 1 is 1.10 bits per heavy atom. The molecule has 0 aromatic carbocycles. The molecule has 3 N–H and O–H groups in total. The van der Waals surface area contributed by atoms with Gasteiger partial charge in [0.05, 0.1) is 0 Å². The standard InChI is InChI=1S/C14H18N6S/c1-7-6-8(2)17-14(16-7)21-13-9(3)11(20-15)18-12(19-13)10-4-5-10/h6,10H,4-5,15H2,1-3H3,(H,18,19,20). The number of nitrogen functional groups attached to an aromatic ring is 1. The van der Waals surface area contributed by atoms with Crippen molar-refractivity contribution in [3.63, 3.8) is 0 Å². The normalized spacial score (nSPS) is 14.3. The maximum Gasteiger partial charge on any atom is 0.194 e. The van der Waals surface area contributed by atoms with Crippen LogP contribution in [-0.4, -0.2) is 19.9 Å². The summed E-state index contributed by atoms with van der Waals surface area (Å²) in [6, 6.07) is 1.96. The number of nitrogens with two attached hydrogens (primary N) is 1. The number of aryl methyl sites for hydroxylation is 2. The monoisotopic (exact) mass is 302 g/mol. The third-order valence-electron chi connectivity index (χ3n) is 3.35. The molecule has 7 heteroatoms. The predicted octanol–water partition coefficient (Wildman–Crippen LogP) is 2.51. The summed E-state index contributed by atoms with van der Waals surface area (Å²) >= 11 is 1.46. The van der Waals surface area contributed by atoms with E-state index in [0.29, 0.717) is 16.9 Å². The molecule has 2 heterocycles. The summed E-state index contributed by atoms with van der Waals surface area (Å²) in [6.07, 6.45) is 2.30. The summed E-state index contributed by atoms with van der Waals surface area (Å²) in [7, 11) is 0. The average Bonchev–Trinajstić information content (AvgIpc) is 3.24. The van der Waals surface area contributed by atoms with E-state index in [1.807, 2.05) is 26.8 Å². The van der Waals surface area contributed by atoms with Crippen LogP contribution < -0.4 is 11.3 Å². The highest BCUT2D eigenvalue weighted by Crippen LogP contribution is 2.40. The lowest BCUT2D eigenvalue weighted by atomic mass is 10.3. The molecule has 0 spiro atoms. The predicted molar refractivity (Wildman–Crippen MR) is 82.2 cm³/mol. The lowest BCUT2D eigenvalue weighted by Gasteiger charge is -2.11. The van der Waals surface area contributed by atoms with Gasteiger partial charge in [0.1, 0.15) is 16.7 Å². The van der Waals surface area contributed by atoms with Gasteiger partial charge in [0.2, 0.25) is 0 Å². The highest BCUT2D eigenvalue weighted by molar-refractivity contribution is 7.99. The molecule has 21 heavy (non-hydrogen) atoms. The Bertz CT molecular complexity index is 663. The van der Waals surface area contributed by atoms with Crippen LogP contribution in [-0.2, 0) is 0 Å². The number of nitrogens with zero attached hydrogens (tertiary/aromatic N) is 4. The van der Waals surface area contributed by atoms with Crippen molar-refractivity contribution in [1.82, 2.24) is 19.9 Å². The molecule has 1 saturated carbocycles. The van der Waals surface area contributed by atoms with Crippen LogP contribution in [0.4, 0.5) is 5.82 Å². The van der Waals surface area contributed by atoms with Crippen LogP contribution in [0.25, 0.3) is 0 Å². The van der Waals surface area contributed by atoms with Gasteiger partial charge in [-0.25, -0.2) is 25.8 Å². The number of hydrogen-bond donors (Lipinski definition) is 2. The first-order chi connectivity index (χ1) is 10.1. The van der Waals surface area contributed by atoms with Gasteiger partial charge in [-0.2, -0.15) is 0 Å². The maximum absolute atomic E-state index is 5.57. The molecule has 2 aromatic heterocycles. The van der Waals surface area contributed by atoms with Gasteiger partial charge < -0.3 is 5.43 Å². The zero-order valence-electron chi connectivity index (χ0n) is 12.3. The van der Waals surface area contributed by atoms with Gasteiger partial charge in [-0.1, -0.05) is 0 Å². The number of hydrogen-bond acceptors (Lipinski definition) is 7. The fourth-order valence-corrected chi connectivity index (χ4v) is 3.04. The van der Waals surface area contributed by atoms with Gasteiger partial charge in [0.25, 0.3) is 0 Å². The van der Waals surface area contributed by atoms with E-state index in [1.54, 1.807) is 0 Å². The Labute approximate surface area is 128 Å². The highest BCUT2D eigenvalue weighted by atomic mass is 32.2. The minimum absolute atomic E-state index is 0.470. The Morgan fingerprint density at radius 3 is 2.33 bits per heavy atom. The average molecular weight is 302 g/mol. The summed E-state index contributed by atoms with van der Waals surface area (Å²) in [4.78, 5) is 18.1. The zero-order chi connectivity index (χ0) is 15.0. The fourth-order valence-electron chi connectivity index (χ4n) is 2.10. The van der Waals surface area contributed by atoms with E-state index >= 15 is 0 Å². The molecule has 0 amide bonds. The van der Waals surface area contributed by atoms with Gasteiger partial charge in [0.15, 0.2) is 5.16 Å². The molecular formula is C14H18N6S. The number of nitrogens with one attached hydrogen (secondary N) is 1. The minimum atomic E-state index is 0.470. The first-order valence-electron chi connectivity index (χ1n) is 6.92. The topological polar surface area (TPSA) is 89.6 Å². The maximum atomic E-state index is 5.57. The Morgan fingerprint density at radius 2 is 1.76 bits per heavy atom. The van der Waals surface area contributed by atoms with Crippen LogP contribution in [0.15, 0.2) is 16.2 Å². The van der Waals surface area contributed by atoms with Gasteiger partial charge in [-0.05, 0) is 51.4 Å². The van der Waals surface area contributed by atoms with Crippen LogP contribution in [0.1, 0.15) is 41.5 Å². The van der Waals surface area contributed by atoms with Gasteiger partial charge in [0, 0.05) is 22.9 Å². The van der Waals surface area contributed by atoms with E-state index in [4.69, 9.17) is 5.84 Å². The van der Waals surface area contributed by atoms with Crippen molar-refractivity contribution >= 4 is 17.6 Å². The fraction of sp³-hybridized carbons (Fsp3) is 0.429. The minimum Gasteiger partial charge on any atom is -0.308 e. The number of hydrazine groups is 1. The van der Waals surface area contributed by atoms with E-state index in [-0.39, 0.29) is 0 Å². The summed E-state index contributed by atoms with van der Waals surface area (Å²) in [6.45, 7) is 5.89. The van der Waals surface area contributed by atoms with Crippen molar-refractivity contribution < 1.29 is 0 Å². The van der Waals surface area contributed by atoms with E-state index in [0.717, 1.165) is 40.6 Å². The van der Waals surface area contributed by atoms with Crippen LogP contribution in [0, 0.1) is 20.8 Å². The molecular weight excluding hydrogens is 284 g/mol. The molecule has 0 saturated heterocycles. The molecule has 0 bridgehead atoms. The molecule has 0 atom stereocenters. The summed E-state index contributed by atoms with van der Waals surface area (Å²) in [5.41, 5.74) is 5.50. The highest BCUT2D eigenvalue weighted by Gasteiger charge is 2.28. The molecule has 2 aromatic rings. The molecule has 1 fully saturated rings. The second-order valence-electron chi connectivity index (χ2n) is 5.31. The van der Waals surface area contributed by atoms with E-state index < -0.39 is 0 Å². The molecule has 0 unspecified atom stereocenters. The van der Waals surface area contributed by atoms with E-state index in [1.165, 1.54) is 11.8 Å². The van der Waals surface area contributed by atoms with E-state index in [2.05, 4.69) is 25.4 Å². The first-order valence-corrected chi connectivity index (χ1v) is 7.73. The lowest BCUT2D eigenvalue weighted by Crippen LogP contribution is -2.13. The second-order valence-corrected chi connectivity index (χ2v) is 6.27. The number of rotatable bonds is 4. The van der Waals surface area contributed by atoms with Crippen molar-refractivity contribution in [3.8, 4) is 0 Å². The molecule has 3 rings (SSSR count). The molecule has 0 aliphatic heterocycles. The second kappa shape index (κ2) is 5.57. The summed E-state index contributed by atoms with van der Waals surface area (Å²) < 4.78 is 0. The van der Waals surface area contributed by atoms with Gasteiger partial charge in [-0.3, -0.25) is 0 Å². The lowest BCUT2D eigenvalue weighted by molar-refractivity contribution is 0.852. The SMILES string of the molecule is Cc1cc(C)nc(Sc2nc(C3CC3)nc(NN)c2C)n1. The summed E-state index contributed by atoms with van der Waals surface area (Å²) in [5, 5.41) is 1.57. The summed E-state index contributed by atoms with van der Waals surface area (Å²) in [5.74, 6) is 7.58.